The predicted molar refractivity (Wildman–Crippen MR) is 94.1 cm³/mol. The molecule has 0 aromatic heterocycles. The van der Waals surface area contributed by atoms with E-state index in [1.165, 1.54) is 16.5 Å². The van der Waals surface area contributed by atoms with Crippen molar-refractivity contribution in [2.45, 2.75) is 33.7 Å². The highest BCUT2D eigenvalue weighted by Gasteiger charge is 2.10. The second-order valence-corrected chi connectivity index (χ2v) is 6.06. The summed E-state index contributed by atoms with van der Waals surface area (Å²) in [6, 6.07) is 15.8. The van der Waals surface area contributed by atoms with Crippen LogP contribution >= 0.6 is 0 Å². The first kappa shape index (κ1) is 15.8. The zero-order chi connectivity index (χ0) is 15.2. The maximum Gasteiger partial charge on any atom is 0.0446 e. The van der Waals surface area contributed by atoms with E-state index in [1.54, 1.807) is 0 Å². The molecule has 0 bridgehead atoms. The van der Waals surface area contributed by atoms with Crippen molar-refractivity contribution < 1.29 is 0 Å². The zero-order valence-electron chi connectivity index (χ0n) is 13.8. The largest absolute Gasteiger partial charge is 0.370 e. The number of fused-ring (bicyclic) bond motifs is 1. The van der Waals surface area contributed by atoms with Crippen molar-refractivity contribution in [1.82, 2.24) is 5.32 Å². The molecule has 114 valence electrons. The van der Waals surface area contributed by atoms with Gasteiger partial charge in [0, 0.05) is 36.7 Å². The van der Waals surface area contributed by atoms with E-state index in [0.717, 1.165) is 19.6 Å². The lowest BCUT2D eigenvalue weighted by Gasteiger charge is -2.26. The van der Waals surface area contributed by atoms with E-state index in [9.17, 15) is 0 Å². The summed E-state index contributed by atoms with van der Waals surface area (Å²) in [5.41, 5.74) is 1.34. The Morgan fingerprint density at radius 1 is 1.00 bits per heavy atom. The van der Waals surface area contributed by atoms with Gasteiger partial charge in [0.05, 0.1) is 0 Å². The average molecular weight is 284 g/mol. The van der Waals surface area contributed by atoms with Gasteiger partial charge in [-0.05, 0) is 31.2 Å². The molecular weight excluding hydrogens is 256 g/mol. The maximum atomic E-state index is 3.62. The second-order valence-electron chi connectivity index (χ2n) is 6.06. The third-order valence-corrected chi connectivity index (χ3v) is 4.34. The smallest absolute Gasteiger partial charge is 0.0446 e. The van der Waals surface area contributed by atoms with Crippen LogP contribution in [0.25, 0.3) is 10.8 Å². The van der Waals surface area contributed by atoms with Gasteiger partial charge in [-0.3, -0.25) is 0 Å². The number of nitrogens with one attached hydrogen (secondary N) is 1. The van der Waals surface area contributed by atoms with Gasteiger partial charge in [-0.25, -0.2) is 0 Å². The van der Waals surface area contributed by atoms with Crippen LogP contribution in [0.2, 0.25) is 0 Å². The highest BCUT2D eigenvalue weighted by Crippen LogP contribution is 2.26. The monoisotopic (exact) mass is 284 g/mol. The second kappa shape index (κ2) is 7.46. The molecule has 0 aliphatic heterocycles. The minimum Gasteiger partial charge on any atom is -0.370 e. The van der Waals surface area contributed by atoms with Gasteiger partial charge in [-0.2, -0.15) is 0 Å². The van der Waals surface area contributed by atoms with Crippen molar-refractivity contribution in [3.63, 3.8) is 0 Å². The summed E-state index contributed by atoms with van der Waals surface area (Å²) in [5.74, 6) is 0.678. The third-order valence-electron chi connectivity index (χ3n) is 4.34. The Morgan fingerprint density at radius 2 is 1.71 bits per heavy atom. The summed E-state index contributed by atoms with van der Waals surface area (Å²) in [4.78, 5) is 2.46. The zero-order valence-corrected chi connectivity index (χ0v) is 13.8. The van der Waals surface area contributed by atoms with Crippen LogP contribution in [0.3, 0.4) is 0 Å². The Balaban J connectivity index is 2.09. The number of rotatable bonds is 7. The molecule has 2 aromatic rings. The molecule has 2 rings (SSSR count). The Morgan fingerprint density at radius 3 is 2.43 bits per heavy atom. The number of hydrogen-bond donors (Lipinski definition) is 1. The fraction of sp³-hybridized carbons (Fsp3) is 0.474. The van der Waals surface area contributed by atoms with E-state index in [1.807, 2.05) is 0 Å². The molecular formula is C19H28N2. The van der Waals surface area contributed by atoms with Crippen molar-refractivity contribution >= 4 is 16.5 Å². The van der Waals surface area contributed by atoms with Gasteiger partial charge in [-0.15, -0.1) is 0 Å². The molecule has 0 aliphatic rings. The Hall–Kier alpha value is -1.54. The Kier molecular flexibility index (Phi) is 5.63. The quantitative estimate of drug-likeness (QED) is 0.815. The van der Waals surface area contributed by atoms with Crippen molar-refractivity contribution in [1.29, 1.82) is 0 Å². The highest BCUT2D eigenvalue weighted by atomic mass is 15.1. The molecule has 0 radical (unpaired) electrons. The molecule has 0 saturated carbocycles. The summed E-state index contributed by atoms with van der Waals surface area (Å²) >= 11 is 0. The van der Waals surface area contributed by atoms with E-state index in [4.69, 9.17) is 0 Å². The van der Waals surface area contributed by atoms with Crippen molar-refractivity contribution in [2.75, 3.05) is 24.5 Å². The molecule has 1 N–H and O–H groups in total. The van der Waals surface area contributed by atoms with Gasteiger partial charge in [0.15, 0.2) is 0 Å². The van der Waals surface area contributed by atoms with Crippen LogP contribution < -0.4 is 10.2 Å². The maximum absolute atomic E-state index is 3.62. The molecule has 2 nitrogen and oxygen atoms in total. The molecule has 21 heavy (non-hydrogen) atoms. The van der Waals surface area contributed by atoms with Gasteiger partial charge in [0.25, 0.3) is 0 Å². The normalized spacial score (nSPS) is 12.8. The molecule has 2 aromatic carbocycles. The predicted octanol–water partition coefficient (Wildman–Crippen LogP) is 4.30. The Bertz CT molecular complexity index is 557. The SMILES string of the molecule is CCN(CCNC(C)C(C)C)c1cccc2ccccc12. The van der Waals surface area contributed by atoms with Gasteiger partial charge in [0.1, 0.15) is 0 Å². The van der Waals surface area contributed by atoms with Gasteiger partial charge < -0.3 is 10.2 Å². The molecule has 0 amide bonds. The van der Waals surface area contributed by atoms with Crippen molar-refractivity contribution in [3.05, 3.63) is 42.5 Å². The van der Waals surface area contributed by atoms with Crippen LogP contribution in [-0.4, -0.2) is 25.7 Å². The van der Waals surface area contributed by atoms with Crippen LogP contribution in [0, 0.1) is 5.92 Å². The van der Waals surface area contributed by atoms with Crippen LogP contribution in [0.5, 0.6) is 0 Å². The van der Waals surface area contributed by atoms with Gasteiger partial charge >= 0.3 is 0 Å². The van der Waals surface area contributed by atoms with Crippen LogP contribution in [0.4, 0.5) is 5.69 Å². The van der Waals surface area contributed by atoms with Gasteiger partial charge in [0.2, 0.25) is 0 Å². The van der Waals surface area contributed by atoms with E-state index < -0.39 is 0 Å². The lowest BCUT2D eigenvalue weighted by atomic mass is 10.1. The number of anilines is 1. The minimum atomic E-state index is 0.566. The van der Waals surface area contributed by atoms with Crippen LogP contribution in [-0.2, 0) is 0 Å². The standard InChI is InChI=1S/C19H28N2/c1-5-21(14-13-20-16(4)15(2)3)19-12-8-10-17-9-6-7-11-18(17)19/h6-12,15-16,20H,5,13-14H2,1-4H3. The molecule has 1 unspecified atom stereocenters. The molecule has 0 aliphatic carbocycles. The van der Waals surface area contributed by atoms with Crippen LogP contribution in [0.15, 0.2) is 42.5 Å². The fourth-order valence-corrected chi connectivity index (χ4v) is 2.60. The minimum absolute atomic E-state index is 0.566. The summed E-state index contributed by atoms with van der Waals surface area (Å²) in [6.45, 7) is 12.1. The summed E-state index contributed by atoms with van der Waals surface area (Å²) in [7, 11) is 0. The molecule has 1 atom stereocenters. The molecule has 0 saturated heterocycles. The lowest BCUT2D eigenvalue weighted by molar-refractivity contribution is 0.430. The van der Waals surface area contributed by atoms with Crippen LogP contribution in [0.1, 0.15) is 27.7 Å². The number of benzene rings is 2. The first-order chi connectivity index (χ1) is 10.1. The van der Waals surface area contributed by atoms with E-state index in [0.29, 0.717) is 12.0 Å². The van der Waals surface area contributed by atoms with E-state index >= 15 is 0 Å². The molecule has 2 heteroatoms. The number of hydrogen-bond acceptors (Lipinski definition) is 2. The summed E-state index contributed by atoms with van der Waals surface area (Å²) < 4.78 is 0. The van der Waals surface area contributed by atoms with Crippen molar-refractivity contribution in [2.24, 2.45) is 5.92 Å². The highest BCUT2D eigenvalue weighted by molar-refractivity contribution is 5.94. The topological polar surface area (TPSA) is 15.3 Å². The fourth-order valence-electron chi connectivity index (χ4n) is 2.60. The molecule has 0 fully saturated rings. The van der Waals surface area contributed by atoms with E-state index in [2.05, 4.69) is 80.4 Å². The van der Waals surface area contributed by atoms with Crippen molar-refractivity contribution in [3.8, 4) is 0 Å². The van der Waals surface area contributed by atoms with Gasteiger partial charge in [-0.1, -0.05) is 50.2 Å². The average Bonchev–Trinajstić information content (AvgIpc) is 2.51. The molecule has 0 heterocycles. The first-order valence-corrected chi connectivity index (χ1v) is 8.09. The molecule has 0 spiro atoms. The number of nitrogens with zero attached hydrogens (tertiary/aromatic N) is 1. The Labute approximate surface area is 129 Å². The first-order valence-electron chi connectivity index (χ1n) is 8.09. The third kappa shape index (κ3) is 3.98. The lowest BCUT2D eigenvalue weighted by Crippen LogP contribution is -2.38. The number of likely N-dealkylation sites (N-methyl/N-ethyl adjacent to an activating group) is 1. The van der Waals surface area contributed by atoms with E-state index in [-0.39, 0.29) is 0 Å². The summed E-state index contributed by atoms with van der Waals surface area (Å²) in [6.07, 6.45) is 0. The summed E-state index contributed by atoms with van der Waals surface area (Å²) in [5, 5.41) is 6.29.